The first-order valence-corrected chi connectivity index (χ1v) is 8.09. The Hall–Kier alpha value is -3.75. The minimum atomic E-state index is -0.584. The smallest absolute Gasteiger partial charge is 0.311 e. The summed E-state index contributed by atoms with van der Waals surface area (Å²) in [5.74, 6) is -0.339. The minimum Gasteiger partial charge on any atom is -0.490 e. The van der Waals surface area contributed by atoms with E-state index in [1.54, 1.807) is 11.0 Å². The highest BCUT2D eigenvalue weighted by molar-refractivity contribution is 5.95. The Labute approximate surface area is 154 Å². The van der Waals surface area contributed by atoms with Crippen LogP contribution in [0, 0.1) is 10.1 Å². The van der Waals surface area contributed by atoms with Crippen molar-refractivity contribution in [3.8, 4) is 5.75 Å². The molecule has 0 saturated heterocycles. The van der Waals surface area contributed by atoms with Crippen LogP contribution in [-0.2, 0) is 6.54 Å². The van der Waals surface area contributed by atoms with Gasteiger partial charge < -0.3 is 10.1 Å². The third kappa shape index (κ3) is 4.27. The summed E-state index contributed by atoms with van der Waals surface area (Å²) in [4.78, 5) is 27.2. The van der Waals surface area contributed by atoms with Crippen molar-refractivity contribution in [1.29, 1.82) is 0 Å². The molecule has 9 heteroatoms. The zero-order valence-corrected chi connectivity index (χ0v) is 14.5. The molecular weight excluding hydrogens is 350 g/mol. The van der Waals surface area contributed by atoms with Gasteiger partial charge in [-0.15, -0.1) is 0 Å². The van der Waals surface area contributed by atoms with Crippen molar-refractivity contribution in [3.05, 3.63) is 82.4 Å². The maximum atomic E-state index is 12.7. The van der Waals surface area contributed by atoms with Gasteiger partial charge in [-0.1, -0.05) is 30.3 Å². The van der Waals surface area contributed by atoms with E-state index >= 15 is 0 Å². The van der Waals surface area contributed by atoms with Crippen molar-refractivity contribution < 1.29 is 14.5 Å². The molecule has 0 aliphatic carbocycles. The Morgan fingerprint density at radius 3 is 2.70 bits per heavy atom. The summed E-state index contributed by atoms with van der Waals surface area (Å²) >= 11 is 0. The van der Waals surface area contributed by atoms with Gasteiger partial charge in [0.1, 0.15) is 12.7 Å². The number of ether oxygens (including phenoxy) is 1. The first kappa shape index (κ1) is 18.1. The lowest BCUT2D eigenvalue weighted by atomic mass is 10.1. The van der Waals surface area contributed by atoms with Crippen molar-refractivity contribution in [1.82, 2.24) is 20.1 Å². The summed E-state index contributed by atoms with van der Waals surface area (Å²) in [6, 6.07) is 13.1. The monoisotopic (exact) mass is 367 g/mol. The standard InChI is InChI=1S/C18H17N5O4/c1-27-17-8-7-14(9-16(17)23(25)26)18(24)21-15(10-22-12-19-11-20-22)13-5-3-2-4-6-13/h2-9,11-12,15H,10H2,1H3,(H,21,24). The Balaban J connectivity index is 1.86. The number of benzene rings is 2. The fourth-order valence-corrected chi connectivity index (χ4v) is 2.65. The molecule has 0 aliphatic rings. The van der Waals surface area contributed by atoms with Crippen LogP contribution in [0.25, 0.3) is 0 Å². The zero-order valence-electron chi connectivity index (χ0n) is 14.5. The van der Waals surface area contributed by atoms with E-state index in [2.05, 4.69) is 15.4 Å². The van der Waals surface area contributed by atoms with Crippen LogP contribution in [0.4, 0.5) is 5.69 Å². The fourth-order valence-electron chi connectivity index (χ4n) is 2.65. The molecule has 0 fully saturated rings. The van der Waals surface area contributed by atoms with Gasteiger partial charge in [-0.25, -0.2) is 4.98 Å². The Morgan fingerprint density at radius 2 is 2.07 bits per heavy atom. The van der Waals surface area contributed by atoms with E-state index in [1.165, 1.54) is 31.6 Å². The lowest BCUT2D eigenvalue weighted by molar-refractivity contribution is -0.385. The van der Waals surface area contributed by atoms with Gasteiger partial charge in [-0.05, 0) is 17.7 Å². The van der Waals surface area contributed by atoms with Crippen LogP contribution >= 0.6 is 0 Å². The van der Waals surface area contributed by atoms with Crippen molar-refractivity contribution in [2.45, 2.75) is 12.6 Å². The molecule has 1 atom stereocenters. The number of hydrogen-bond acceptors (Lipinski definition) is 6. The largest absolute Gasteiger partial charge is 0.490 e. The molecule has 138 valence electrons. The first-order chi connectivity index (χ1) is 13.1. The van der Waals surface area contributed by atoms with Gasteiger partial charge in [0.2, 0.25) is 0 Å². The van der Waals surface area contributed by atoms with Gasteiger partial charge in [0.15, 0.2) is 5.75 Å². The summed E-state index contributed by atoms with van der Waals surface area (Å²) in [5, 5.41) is 18.2. The highest BCUT2D eigenvalue weighted by Crippen LogP contribution is 2.27. The predicted molar refractivity (Wildman–Crippen MR) is 96.3 cm³/mol. The average Bonchev–Trinajstić information content (AvgIpc) is 3.20. The number of aromatic nitrogens is 3. The normalized spacial score (nSPS) is 11.6. The Bertz CT molecular complexity index is 928. The van der Waals surface area contributed by atoms with Crippen LogP contribution in [0.3, 0.4) is 0 Å². The highest BCUT2D eigenvalue weighted by Gasteiger charge is 2.21. The van der Waals surface area contributed by atoms with Crippen LogP contribution in [-0.4, -0.2) is 32.7 Å². The van der Waals surface area contributed by atoms with Crippen molar-refractivity contribution >= 4 is 11.6 Å². The van der Waals surface area contributed by atoms with Gasteiger partial charge in [-0.2, -0.15) is 5.10 Å². The van der Waals surface area contributed by atoms with Crippen molar-refractivity contribution in [2.75, 3.05) is 7.11 Å². The zero-order chi connectivity index (χ0) is 19.2. The molecule has 0 radical (unpaired) electrons. The number of nitrogens with one attached hydrogen (secondary N) is 1. The number of methoxy groups -OCH3 is 1. The predicted octanol–water partition coefficient (Wildman–Crippen LogP) is 2.37. The molecule has 3 aromatic rings. The maximum Gasteiger partial charge on any atom is 0.311 e. The number of carbonyl (C=O) groups is 1. The summed E-state index contributed by atoms with van der Waals surface area (Å²) in [5.41, 5.74) is 0.782. The van der Waals surface area contributed by atoms with E-state index in [-0.39, 0.29) is 23.0 Å². The number of nitrogens with zero attached hydrogens (tertiary/aromatic N) is 4. The fraction of sp³-hybridized carbons (Fsp3) is 0.167. The van der Waals surface area contributed by atoms with Gasteiger partial charge >= 0.3 is 5.69 Å². The third-order valence-electron chi connectivity index (χ3n) is 3.98. The lowest BCUT2D eigenvalue weighted by Gasteiger charge is -2.19. The maximum absolute atomic E-state index is 12.7. The molecule has 0 spiro atoms. The van der Waals surface area contributed by atoms with Gasteiger partial charge in [0.25, 0.3) is 5.91 Å². The third-order valence-corrected chi connectivity index (χ3v) is 3.98. The molecular formula is C18H17N5O4. The molecule has 27 heavy (non-hydrogen) atoms. The quantitative estimate of drug-likeness (QED) is 0.507. The highest BCUT2D eigenvalue weighted by atomic mass is 16.6. The summed E-state index contributed by atoms with van der Waals surface area (Å²) in [6.07, 6.45) is 2.97. The molecule has 3 rings (SSSR count). The van der Waals surface area contributed by atoms with Crippen molar-refractivity contribution in [3.63, 3.8) is 0 Å². The number of amides is 1. The average molecular weight is 367 g/mol. The summed E-state index contributed by atoms with van der Waals surface area (Å²) in [6.45, 7) is 0.369. The second-order valence-electron chi connectivity index (χ2n) is 5.70. The van der Waals surface area contributed by atoms with Gasteiger partial charge in [0, 0.05) is 11.6 Å². The number of hydrogen-bond donors (Lipinski definition) is 1. The Kier molecular flexibility index (Phi) is 5.41. The molecule has 1 aromatic heterocycles. The van der Waals surface area contributed by atoms with Gasteiger partial charge in [0.05, 0.1) is 24.6 Å². The Morgan fingerprint density at radius 1 is 1.30 bits per heavy atom. The second-order valence-corrected chi connectivity index (χ2v) is 5.70. The molecule has 1 N–H and O–H groups in total. The molecule has 1 unspecified atom stereocenters. The number of nitro groups is 1. The summed E-state index contributed by atoms with van der Waals surface area (Å²) < 4.78 is 6.58. The van der Waals surface area contributed by atoms with E-state index in [0.717, 1.165) is 5.56 Å². The number of rotatable bonds is 7. The number of carbonyl (C=O) groups excluding carboxylic acids is 1. The van der Waals surface area contributed by atoms with E-state index in [1.807, 2.05) is 30.3 Å². The van der Waals surface area contributed by atoms with Crippen LogP contribution in [0.5, 0.6) is 5.75 Å². The molecule has 1 heterocycles. The second kappa shape index (κ2) is 8.09. The van der Waals surface area contributed by atoms with E-state index in [9.17, 15) is 14.9 Å². The van der Waals surface area contributed by atoms with Gasteiger partial charge in [-0.3, -0.25) is 19.6 Å². The van der Waals surface area contributed by atoms with Crippen LogP contribution in [0.1, 0.15) is 22.0 Å². The molecule has 2 aromatic carbocycles. The van der Waals surface area contributed by atoms with E-state index in [4.69, 9.17) is 4.74 Å². The van der Waals surface area contributed by atoms with Crippen LogP contribution in [0.2, 0.25) is 0 Å². The molecule has 0 saturated carbocycles. The number of nitro benzene ring substituents is 1. The SMILES string of the molecule is COc1ccc(C(=O)NC(Cn2cncn2)c2ccccc2)cc1[N+](=O)[O-]. The van der Waals surface area contributed by atoms with Crippen molar-refractivity contribution in [2.24, 2.45) is 0 Å². The topological polar surface area (TPSA) is 112 Å². The molecule has 0 aliphatic heterocycles. The molecule has 1 amide bonds. The molecule has 0 bridgehead atoms. The molecule has 9 nitrogen and oxygen atoms in total. The first-order valence-electron chi connectivity index (χ1n) is 8.09. The van der Waals surface area contributed by atoms with Crippen LogP contribution in [0.15, 0.2) is 61.2 Å². The summed E-state index contributed by atoms with van der Waals surface area (Å²) in [7, 11) is 1.34. The van der Waals surface area contributed by atoms with Crippen LogP contribution < -0.4 is 10.1 Å². The van der Waals surface area contributed by atoms with E-state index < -0.39 is 10.8 Å². The lowest BCUT2D eigenvalue weighted by Crippen LogP contribution is -2.31. The minimum absolute atomic E-state index is 0.0961. The van der Waals surface area contributed by atoms with E-state index in [0.29, 0.717) is 6.54 Å².